The Bertz CT molecular complexity index is 542. The molecule has 0 aromatic heterocycles. The van der Waals surface area contributed by atoms with Crippen molar-refractivity contribution in [2.45, 2.75) is 43.7 Å². The zero-order valence-electron chi connectivity index (χ0n) is 10.9. The van der Waals surface area contributed by atoms with E-state index >= 15 is 0 Å². The lowest BCUT2D eigenvalue weighted by Crippen LogP contribution is -2.24. The van der Waals surface area contributed by atoms with Crippen LogP contribution in [0.2, 0.25) is 0 Å². The summed E-state index contributed by atoms with van der Waals surface area (Å²) in [5.74, 6) is 0. The average molecular weight is 347 g/mol. The third kappa shape index (κ3) is 4.27. The van der Waals surface area contributed by atoms with Crippen LogP contribution < -0.4 is 10.0 Å². The van der Waals surface area contributed by atoms with Crippen LogP contribution in [-0.2, 0) is 16.6 Å². The summed E-state index contributed by atoms with van der Waals surface area (Å²) in [6, 6.07) is 6.04. The number of nitrogens with one attached hydrogen (secondary N) is 2. The minimum absolute atomic E-state index is 0.302. The van der Waals surface area contributed by atoms with Crippen molar-refractivity contribution in [1.82, 2.24) is 10.0 Å². The largest absolute Gasteiger partial charge is 0.310 e. The molecule has 2 rings (SSSR count). The van der Waals surface area contributed by atoms with Crippen molar-refractivity contribution in [2.75, 3.05) is 6.54 Å². The summed E-state index contributed by atoms with van der Waals surface area (Å²) >= 11 is 3.35. The van der Waals surface area contributed by atoms with Gasteiger partial charge in [-0.15, -0.1) is 0 Å². The van der Waals surface area contributed by atoms with Crippen LogP contribution in [0.25, 0.3) is 0 Å². The Balaban J connectivity index is 2.08. The summed E-state index contributed by atoms with van der Waals surface area (Å²) in [6.45, 7) is 3.18. The second kappa shape index (κ2) is 6.35. The molecule has 1 saturated carbocycles. The van der Waals surface area contributed by atoms with Crippen LogP contribution in [0.1, 0.15) is 31.7 Å². The Morgan fingerprint density at radius 2 is 2.11 bits per heavy atom. The van der Waals surface area contributed by atoms with Crippen LogP contribution in [-0.4, -0.2) is 21.0 Å². The van der Waals surface area contributed by atoms with Crippen molar-refractivity contribution in [3.05, 3.63) is 28.2 Å². The highest BCUT2D eigenvalue weighted by Gasteiger charge is 2.21. The molecule has 0 atom stereocenters. The minimum Gasteiger partial charge on any atom is -0.310 e. The van der Waals surface area contributed by atoms with Gasteiger partial charge in [-0.3, -0.25) is 0 Å². The SMILES string of the molecule is CCCNS(=O)(=O)c1ccc(CNC2CC2)cc1Br. The van der Waals surface area contributed by atoms with E-state index < -0.39 is 10.0 Å². The topological polar surface area (TPSA) is 58.2 Å². The lowest BCUT2D eigenvalue weighted by molar-refractivity contribution is 0.580. The number of benzene rings is 1. The highest BCUT2D eigenvalue weighted by molar-refractivity contribution is 9.10. The Hall–Kier alpha value is -0.430. The molecule has 1 aliphatic rings. The Kier molecular flexibility index (Phi) is 5.00. The number of hydrogen-bond donors (Lipinski definition) is 2. The highest BCUT2D eigenvalue weighted by atomic mass is 79.9. The van der Waals surface area contributed by atoms with Crippen molar-refractivity contribution in [1.29, 1.82) is 0 Å². The van der Waals surface area contributed by atoms with Crippen molar-refractivity contribution >= 4 is 26.0 Å². The lowest BCUT2D eigenvalue weighted by atomic mass is 10.2. The van der Waals surface area contributed by atoms with Crippen LogP contribution >= 0.6 is 15.9 Å². The van der Waals surface area contributed by atoms with Gasteiger partial charge >= 0.3 is 0 Å². The molecular formula is C13H19BrN2O2S. The first-order valence-corrected chi connectivity index (χ1v) is 8.82. The van der Waals surface area contributed by atoms with Gasteiger partial charge in [0.15, 0.2) is 0 Å². The zero-order chi connectivity index (χ0) is 13.9. The first-order valence-electron chi connectivity index (χ1n) is 6.54. The van der Waals surface area contributed by atoms with Gasteiger partial charge in [0.05, 0.1) is 4.90 Å². The standard InChI is InChI=1S/C13H19BrN2O2S/c1-2-7-16-19(17,18)13-6-3-10(8-12(13)14)9-15-11-4-5-11/h3,6,8,11,15-16H,2,4-5,7,9H2,1H3. The molecule has 19 heavy (non-hydrogen) atoms. The van der Waals surface area contributed by atoms with E-state index in [1.54, 1.807) is 6.07 Å². The molecule has 1 aromatic rings. The van der Waals surface area contributed by atoms with E-state index in [1.807, 2.05) is 19.1 Å². The molecule has 6 heteroatoms. The molecule has 0 saturated heterocycles. The highest BCUT2D eigenvalue weighted by Crippen LogP contribution is 2.24. The van der Waals surface area contributed by atoms with Gasteiger partial charge in [-0.1, -0.05) is 13.0 Å². The first kappa shape index (κ1) is 15.0. The molecule has 0 bridgehead atoms. The fourth-order valence-corrected chi connectivity index (χ4v) is 3.99. The van der Waals surface area contributed by atoms with Crippen LogP contribution in [0.5, 0.6) is 0 Å². The number of halogens is 1. The Morgan fingerprint density at radius 1 is 1.37 bits per heavy atom. The van der Waals surface area contributed by atoms with Gasteiger partial charge in [-0.25, -0.2) is 13.1 Å². The summed E-state index contributed by atoms with van der Waals surface area (Å²) in [6.07, 6.45) is 3.27. The molecule has 106 valence electrons. The Labute approximate surface area is 123 Å². The number of rotatable bonds is 7. The predicted octanol–water partition coefficient (Wildman–Crippen LogP) is 2.39. The van der Waals surface area contributed by atoms with Crippen molar-refractivity contribution in [2.24, 2.45) is 0 Å². The van der Waals surface area contributed by atoms with Crippen LogP contribution in [0, 0.1) is 0 Å². The predicted molar refractivity (Wildman–Crippen MR) is 79.5 cm³/mol. The van der Waals surface area contributed by atoms with Crippen LogP contribution in [0.3, 0.4) is 0 Å². The van der Waals surface area contributed by atoms with E-state index in [2.05, 4.69) is 26.0 Å². The molecule has 1 aromatic carbocycles. The molecule has 0 aliphatic heterocycles. The average Bonchev–Trinajstić information content (AvgIpc) is 3.18. The van der Waals surface area contributed by atoms with Gasteiger partial charge < -0.3 is 5.32 Å². The van der Waals surface area contributed by atoms with Gasteiger partial charge in [-0.05, 0) is 52.9 Å². The van der Waals surface area contributed by atoms with E-state index in [9.17, 15) is 8.42 Å². The lowest BCUT2D eigenvalue weighted by Gasteiger charge is -2.10. The maximum absolute atomic E-state index is 12.0. The summed E-state index contributed by atoms with van der Waals surface area (Å²) in [4.78, 5) is 0.302. The van der Waals surface area contributed by atoms with Gasteiger partial charge in [0.25, 0.3) is 0 Å². The summed E-state index contributed by atoms with van der Waals surface area (Å²) in [5.41, 5.74) is 1.09. The van der Waals surface area contributed by atoms with Gasteiger partial charge in [0, 0.05) is 23.6 Å². The van der Waals surface area contributed by atoms with E-state index in [0.29, 0.717) is 22.0 Å². The molecule has 0 amide bonds. The second-order valence-corrected chi connectivity index (χ2v) is 7.41. The number of sulfonamides is 1. The van der Waals surface area contributed by atoms with E-state index in [0.717, 1.165) is 18.5 Å². The van der Waals surface area contributed by atoms with Crippen LogP contribution in [0.4, 0.5) is 0 Å². The smallest absolute Gasteiger partial charge is 0.241 e. The molecule has 0 unspecified atom stereocenters. The molecule has 0 radical (unpaired) electrons. The van der Waals surface area contributed by atoms with E-state index in [-0.39, 0.29) is 0 Å². The summed E-state index contributed by atoms with van der Waals surface area (Å²) in [5, 5.41) is 3.41. The normalized spacial score (nSPS) is 15.7. The van der Waals surface area contributed by atoms with E-state index in [4.69, 9.17) is 0 Å². The number of hydrogen-bond acceptors (Lipinski definition) is 3. The quantitative estimate of drug-likeness (QED) is 0.796. The second-order valence-electron chi connectivity index (χ2n) is 4.82. The molecule has 2 N–H and O–H groups in total. The maximum atomic E-state index is 12.0. The summed E-state index contributed by atoms with van der Waals surface area (Å²) < 4.78 is 27.3. The minimum atomic E-state index is -3.41. The van der Waals surface area contributed by atoms with Crippen molar-refractivity contribution in [3.8, 4) is 0 Å². The third-order valence-corrected chi connectivity index (χ3v) is 5.44. The van der Waals surface area contributed by atoms with Gasteiger partial charge in [0.1, 0.15) is 0 Å². The monoisotopic (exact) mass is 346 g/mol. The summed E-state index contributed by atoms with van der Waals surface area (Å²) in [7, 11) is -3.41. The van der Waals surface area contributed by atoms with Gasteiger partial charge in [0.2, 0.25) is 10.0 Å². The molecular weight excluding hydrogens is 328 g/mol. The molecule has 4 nitrogen and oxygen atoms in total. The maximum Gasteiger partial charge on any atom is 0.241 e. The van der Waals surface area contributed by atoms with Gasteiger partial charge in [-0.2, -0.15) is 0 Å². The van der Waals surface area contributed by atoms with E-state index in [1.165, 1.54) is 12.8 Å². The zero-order valence-corrected chi connectivity index (χ0v) is 13.4. The Morgan fingerprint density at radius 3 is 2.68 bits per heavy atom. The van der Waals surface area contributed by atoms with Crippen LogP contribution in [0.15, 0.2) is 27.6 Å². The fraction of sp³-hybridized carbons (Fsp3) is 0.538. The molecule has 0 spiro atoms. The molecule has 0 heterocycles. The van der Waals surface area contributed by atoms with Crippen molar-refractivity contribution < 1.29 is 8.42 Å². The third-order valence-electron chi connectivity index (χ3n) is 3.00. The fourth-order valence-electron chi connectivity index (χ4n) is 1.74. The first-order chi connectivity index (χ1) is 9.03. The molecule has 1 aliphatic carbocycles. The molecule has 1 fully saturated rings. The van der Waals surface area contributed by atoms with Crippen molar-refractivity contribution in [3.63, 3.8) is 0 Å².